The highest BCUT2D eigenvalue weighted by molar-refractivity contribution is 5.80. The second-order valence-electron chi connectivity index (χ2n) is 5.78. The number of hydrogen-bond donors (Lipinski definition) is 1. The number of rotatable bonds is 7. The fourth-order valence-electron chi connectivity index (χ4n) is 2.75. The van der Waals surface area contributed by atoms with Gasteiger partial charge < -0.3 is 0 Å². The van der Waals surface area contributed by atoms with Gasteiger partial charge in [0.1, 0.15) is 5.78 Å². The van der Waals surface area contributed by atoms with Crippen LogP contribution in [0.5, 0.6) is 0 Å². The molecule has 3 aromatic rings. The monoisotopic (exact) mass is 320 g/mol. The minimum absolute atomic E-state index is 0.338. The van der Waals surface area contributed by atoms with Gasteiger partial charge in [-0.1, -0.05) is 55.5 Å². The first-order chi connectivity index (χ1) is 11.8. The average Bonchev–Trinajstić information content (AvgIpc) is 3.15. The van der Waals surface area contributed by atoms with Gasteiger partial charge in [-0.2, -0.15) is 0 Å². The molecule has 0 spiro atoms. The van der Waals surface area contributed by atoms with Crippen LogP contribution >= 0.6 is 0 Å². The van der Waals surface area contributed by atoms with Crippen molar-refractivity contribution in [3.05, 3.63) is 54.1 Å². The summed E-state index contributed by atoms with van der Waals surface area (Å²) in [5, 5.41) is 14.1. The smallest absolute Gasteiger partial charge is 0.180 e. The molecule has 1 heterocycles. The molecule has 0 atom stereocenters. The Morgan fingerprint density at radius 1 is 1.00 bits per heavy atom. The van der Waals surface area contributed by atoms with Gasteiger partial charge in [0.05, 0.1) is 0 Å². The van der Waals surface area contributed by atoms with Crippen molar-refractivity contribution in [2.45, 2.75) is 32.6 Å². The average molecular weight is 320 g/mol. The second-order valence-corrected chi connectivity index (χ2v) is 5.78. The number of hydrogen-bond acceptors (Lipinski definition) is 4. The van der Waals surface area contributed by atoms with Gasteiger partial charge in [-0.15, -0.1) is 5.10 Å². The van der Waals surface area contributed by atoms with Crippen LogP contribution in [-0.2, 0) is 11.2 Å². The van der Waals surface area contributed by atoms with E-state index in [-0.39, 0.29) is 0 Å². The third-order valence-electron chi connectivity index (χ3n) is 4.01. The van der Waals surface area contributed by atoms with Crippen molar-refractivity contribution >= 4 is 5.78 Å². The summed E-state index contributed by atoms with van der Waals surface area (Å²) in [6, 6.07) is 16.4. The van der Waals surface area contributed by atoms with E-state index in [0.29, 0.717) is 24.4 Å². The van der Waals surface area contributed by atoms with Crippen LogP contribution in [0.1, 0.15) is 31.7 Å². The molecule has 0 bridgehead atoms. The Morgan fingerprint density at radius 3 is 2.42 bits per heavy atom. The topological polar surface area (TPSA) is 71.5 Å². The second kappa shape index (κ2) is 7.64. The van der Waals surface area contributed by atoms with Gasteiger partial charge in [-0.3, -0.25) is 4.79 Å². The van der Waals surface area contributed by atoms with E-state index in [1.807, 2.05) is 25.1 Å². The molecule has 24 heavy (non-hydrogen) atoms. The molecule has 0 radical (unpaired) electrons. The Balaban J connectivity index is 1.78. The number of tetrazole rings is 1. The van der Waals surface area contributed by atoms with Gasteiger partial charge in [-0.25, -0.2) is 5.10 Å². The molecule has 0 aliphatic heterocycles. The van der Waals surface area contributed by atoms with Crippen LogP contribution < -0.4 is 0 Å². The molecule has 0 unspecified atom stereocenters. The molecule has 5 nitrogen and oxygen atoms in total. The van der Waals surface area contributed by atoms with Gasteiger partial charge in [-0.05, 0) is 40.0 Å². The number of aromatic amines is 1. The summed E-state index contributed by atoms with van der Waals surface area (Å²) in [6.45, 7) is 2.04. The molecule has 0 aliphatic carbocycles. The zero-order valence-corrected chi connectivity index (χ0v) is 13.7. The lowest BCUT2D eigenvalue weighted by Gasteiger charge is -2.08. The van der Waals surface area contributed by atoms with Crippen LogP contribution in [-0.4, -0.2) is 26.4 Å². The largest absolute Gasteiger partial charge is 0.300 e. The summed E-state index contributed by atoms with van der Waals surface area (Å²) in [5.74, 6) is 0.990. The van der Waals surface area contributed by atoms with Crippen molar-refractivity contribution in [2.75, 3.05) is 0 Å². The Hall–Kier alpha value is -2.82. The zero-order valence-electron chi connectivity index (χ0n) is 13.7. The molecule has 1 aromatic heterocycles. The summed E-state index contributed by atoms with van der Waals surface area (Å²) in [4.78, 5) is 11.7. The molecule has 0 aliphatic rings. The number of H-pyrrole nitrogens is 1. The van der Waals surface area contributed by atoms with Gasteiger partial charge in [0.25, 0.3) is 0 Å². The molecule has 2 aromatic carbocycles. The van der Waals surface area contributed by atoms with Crippen LogP contribution in [0.3, 0.4) is 0 Å². The number of carbonyl (C=O) groups is 1. The van der Waals surface area contributed by atoms with Gasteiger partial charge >= 0.3 is 0 Å². The maximum atomic E-state index is 11.7. The molecule has 1 N–H and O–H groups in total. The number of aryl methyl sites for hydroxylation is 1. The van der Waals surface area contributed by atoms with Crippen LogP contribution in [0.2, 0.25) is 0 Å². The SMILES string of the molecule is CCCC(=O)CCc1ccc(-c2ccccc2-c2nnn[nH]2)cc1. The number of ketones is 1. The first kappa shape index (κ1) is 16.1. The molecule has 0 fully saturated rings. The van der Waals surface area contributed by atoms with E-state index in [4.69, 9.17) is 0 Å². The van der Waals surface area contributed by atoms with Crippen molar-refractivity contribution in [3.63, 3.8) is 0 Å². The summed E-state index contributed by atoms with van der Waals surface area (Å²) in [6.07, 6.45) is 3.02. The Morgan fingerprint density at radius 2 is 1.75 bits per heavy atom. The lowest BCUT2D eigenvalue weighted by Crippen LogP contribution is -1.99. The minimum Gasteiger partial charge on any atom is -0.300 e. The number of carbonyl (C=O) groups excluding carboxylic acids is 1. The van der Waals surface area contributed by atoms with Crippen molar-refractivity contribution in [1.29, 1.82) is 0 Å². The highest BCUT2D eigenvalue weighted by atomic mass is 16.1. The van der Waals surface area contributed by atoms with Crippen molar-refractivity contribution in [2.24, 2.45) is 0 Å². The van der Waals surface area contributed by atoms with Crippen LogP contribution in [0, 0.1) is 0 Å². The van der Waals surface area contributed by atoms with E-state index >= 15 is 0 Å². The number of benzene rings is 2. The quantitative estimate of drug-likeness (QED) is 0.718. The number of Topliss-reactive ketones (excluding diaryl/α,β-unsaturated/α-hetero) is 1. The minimum atomic E-state index is 0.338. The van der Waals surface area contributed by atoms with Crippen LogP contribution in [0.4, 0.5) is 0 Å². The predicted molar refractivity (Wildman–Crippen MR) is 93.3 cm³/mol. The van der Waals surface area contributed by atoms with E-state index in [1.165, 1.54) is 5.56 Å². The summed E-state index contributed by atoms with van der Waals surface area (Å²) in [5.41, 5.74) is 4.32. The first-order valence-electron chi connectivity index (χ1n) is 8.22. The van der Waals surface area contributed by atoms with Crippen molar-refractivity contribution in [3.8, 4) is 22.5 Å². The van der Waals surface area contributed by atoms with Gasteiger partial charge in [0.2, 0.25) is 0 Å². The summed E-state index contributed by atoms with van der Waals surface area (Å²) in [7, 11) is 0. The maximum Gasteiger partial charge on any atom is 0.180 e. The van der Waals surface area contributed by atoms with E-state index in [2.05, 4.69) is 51.0 Å². The van der Waals surface area contributed by atoms with E-state index < -0.39 is 0 Å². The Kier molecular flexibility index (Phi) is 5.11. The fourth-order valence-corrected chi connectivity index (χ4v) is 2.75. The normalized spacial score (nSPS) is 10.7. The van der Waals surface area contributed by atoms with Crippen molar-refractivity contribution in [1.82, 2.24) is 20.6 Å². The number of aromatic nitrogens is 4. The molecule has 0 saturated heterocycles. The molecule has 3 rings (SSSR count). The number of nitrogens with one attached hydrogen (secondary N) is 1. The molecular formula is C19H20N4O. The van der Waals surface area contributed by atoms with Crippen molar-refractivity contribution < 1.29 is 4.79 Å². The molecule has 5 heteroatoms. The van der Waals surface area contributed by atoms with Gasteiger partial charge in [0.15, 0.2) is 5.82 Å². The molecule has 0 amide bonds. The Bertz CT molecular complexity index is 794. The standard InChI is InChI=1S/C19H20N4O/c1-2-5-16(24)13-10-14-8-11-15(12-9-14)17-6-3-4-7-18(17)19-20-22-23-21-19/h3-4,6-9,11-12H,2,5,10,13H2,1H3,(H,20,21,22,23). The Labute approximate surface area is 141 Å². The highest BCUT2D eigenvalue weighted by Gasteiger charge is 2.10. The number of nitrogens with zero attached hydrogens (tertiary/aromatic N) is 3. The predicted octanol–water partition coefficient (Wildman–Crippen LogP) is 3.84. The molecule has 0 saturated carbocycles. The highest BCUT2D eigenvalue weighted by Crippen LogP contribution is 2.29. The third-order valence-corrected chi connectivity index (χ3v) is 4.01. The van der Waals surface area contributed by atoms with E-state index in [9.17, 15) is 4.79 Å². The van der Waals surface area contributed by atoms with Gasteiger partial charge in [0, 0.05) is 18.4 Å². The third kappa shape index (κ3) is 3.74. The lowest BCUT2D eigenvalue weighted by atomic mass is 9.97. The lowest BCUT2D eigenvalue weighted by molar-refractivity contribution is -0.119. The molecule has 122 valence electrons. The summed E-state index contributed by atoms with van der Waals surface area (Å²) >= 11 is 0. The fraction of sp³-hybridized carbons (Fsp3) is 0.263. The zero-order chi connectivity index (χ0) is 16.8. The van der Waals surface area contributed by atoms with Crippen LogP contribution in [0.15, 0.2) is 48.5 Å². The van der Waals surface area contributed by atoms with E-state index in [0.717, 1.165) is 29.5 Å². The maximum absolute atomic E-state index is 11.7. The van der Waals surface area contributed by atoms with E-state index in [1.54, 1.807) is 0 Å². The molecular weight excluding hydrogens is 300 g/mol. The van der Waals surface area contributed by atoms with Crippen LogP contribution in [0.25, 0.3) is 22.5 Å². The first-order valence-corrected chi connectivity index (χ1v) is 8.22. The summed E-state index contributed by atoms with van der Waals surface area (Å²) < 4.78 is 0.